The van der Waals surface area contributed by atoms with Gasteiger partial charge in [0.25, 0.3) is 11.8 Å². The van der Waals surface area contributed by atoms with Crippen LogP contribution in [0.5, 0.6) is 0 Å². The number of primary amides is 1. The molecule has 0 bridgehead atoms. The number of rotatable bonds is 7. The summed E-state index contributed by atoms with van der Waals surface area (Å²) in [6.45, 7) is -0.193. The van der Waals surface area contributed by atoms with E-state index in [0.717, 1.165) is 12.1 Å². The molecule has 1 aliphatic rings. The van der Waals surface area contributed by atoms with Gasteiger partial charge in [-0.05, 0) is 18.2 Å². The van der Waals surface area contributed by atoms with Gasteiger partial charge in [-0.3, -0.25) is 19.8 Å². The summed E-state index contributed by atoms with van der Waals surface area (Å²) in [6, 6.07) is 8.28. The lowest BCUT2D eigenvalue weighted by atomic mass is 10.1. The predicted octanol–water partition coefficient (Wildman–Crippen LogP) is 1.23. The molecule has 0 radical (unpaired) electrons. The lowest BCUT2D eigenvalue weighted by molar-refractivity contribution is -0.144. The van der Waals surface area contributed by atoms with Crippen molar-refractivity contribution >= 4 is 34.9 Å². The molecule has 1 aromatic heterocycles. The summed E-state index contributed by atoms with van der Waals surface area (Å²) >= 11 is 0. The van der Waals surface area contributed by atoms with Gasteiger partial charge in [0, 0.05) is 17.8 Å². The van der Waals surface area contributed by atoms with Gasteiger partial charge < -0.3 is 26.0 Å². The van der Waals surface area contributed by atoms with Crippen LogP contribution in [0.1, 0.15) is 11.3 Å². The fourth-order valence-corrected chi connectivity index (χ4v) is 3.25. The Bertz CT molecular complexity index is 1110. The molecule has 1 fully saturated rings. The quantitative estimate of drug-likeness (QED) is 0.440. The minimum atomic E-state index is -4.68. The summed E-state index contributed by atoms with van der Waals surface area (Å²) in [5, 5.41) is 12.9. The van der Waals surface area contributed by atoms with Crippen LogP contribution in [-0.4, -0.2) is 65.7 Å². The zero-order valence-electron chi connectivity index (χ0n) is 17.7. The Hall–Kier alpha value is -4.00. The molecular weight excluding hydrogens is 457 g/mol. The molecule has 1 aromatic carbocycles. The van der Waals surface area contributed by atoms with Crippen molar-refractivity contribution in [1.29, 1.82) is 5.41 Å². The molecule has 0 spiro atoms. The van der Waals surface area contributed by atoms with E-state index in [0.29, 0.717) is 5.69 Å². The number of alkyl halides is 3. The second-order valence-electron chi connectivity index (χ2n) is 7.21. The SMILES string of the molecule is N=C(C(N)=O)c1ccccc1NCC(=O)N1CCOC[C@H]1C(=O)Nc1cccc(C(F)(F)F)n1. The minimum absolute atomic E-state index is 0.0768. The van der Waals surface area contributed by atoms with Crippen molar-refractivity contribution in [3.8, 4) is 0 Å². The molecule has 0 saturated carbocycles. The highest BCUT2D eigenvalue weighted by molar-refractivity contribution is 6.44. The number of carbonyl (C=O) groups excluding carboxylic acids is 3. The van der Waals surface area contributed by atoms with Gasteiger partial charge in [0.2, 0.25) is 5.91 Å². The molecule has 180 valence electrons. The van der Waals surface area contributed by atoms with Crippen LogP contribution in [0.15, 0.2) is 42.5 Å². The van der Waals surface area contributed by atoms with Gasteiger partial charge in [0.15, 0.2) is 0 Å². The third kappa shape index (κ3) is 5.86. The number of ether oxygens (including phenoxy) is 1. The van der Waals surface area contributed by atoms with E-state index in [-0.39, 0.29) is 37.7 Å². The Morgan fingerprint density at radius 3 is 2.62 bits per heavy atom. The second-order valence-corrected chi connectivity index (χ2v) is 7.21. The zero-order valence-corrected chi connectivity index (χ0v) is 17.7. The van der Waals surface area contributed by atoms with Crippen molar-refractivity contribution in [1.82, 2.24) is 9.88 Å². The summed E-state index contributed by atoms with van der Waals surface area (Å²) in [7, 11) is 0. The number of hydrogen-bond donors (Lipinski definition) is 4. The van der Waals surface area contributed by atoms with Crippen molar-refractivity contribution in [2.24, 2.45) is 5.73 Å². The van der Waals surface area contributed by atoms with Crippen LogP contribution in [0.2, 0.25) is 0 Å². The van der Waals surface area contributed by atoms with Crippen LogP contribution in [0.3, 0.4) is 0 Å². The minimum Gasteiger partial charge on any atom is -0.377 e. The summed E-state index contributed by atoms with van der Waals surface area (Å²) in [5.74, 6) is -2.50. The smallest absolute Gasteiger partial charge is 0.377 e. The molecule has 34 heavy (non-hydrogen) atoms. The maximum Gasteiger partial charge on any atom is 0.433 e. The molecular formula is C21H21F3N6O4. The number of anilines is 2. The number of halogens is 3. The predicted molar refractivity (Wildman–Crippen MR) is 115 cm³/mol. The highest BCUT2D eigenvalue weighted by Crippen LogP contribution is 2.28. The number of nitrogens with two attached hydrogens (primary N) is 1. The Labute approximate surface area is 191 Å². The Kier molecular flexibility index (Phi) is 7.46. The number of carbonyl (C=O) groups is 3. The van der Waals surface area contributed by atoms with E-state index >= 15 is 0 Å². The fourth-order valence-electron chi connectivity index (χ4n) is 3.25. The van der Waals surface area contributed by atoms with Crippen molar-refractivity contribution in [2.45, 2.75) is 12.2 Å². The van der Waals surface area contributed by atoms with Gasteiger partial charge >= 0.3 is 6.18 Å². The highest BCUT2D eigenvalue weighted by atomic mass is 19.4. The summed E-state index contributed by atoms with van der Waals surface area (Å²) in [6.07, 6.45) is -4.68. The van der Waals surface area contributed by atoms with Crippen molar-refractivity contribution in [3.63, 3.8) is 0 Å². The number of para-hydroxylation sites is 1. The molecule has 1 aliphatic heterocycles. The standard InChI is InChI=1S/C21H21F3N6O4/c22-21(23,24)15-6-3-7-16(28-15)29-20(33)14-11-34-9-8-30(14)17(31)10-27-13-5-2-1-4-12(13)18(25)19(26)32/h1-7,14,25,27H,8-11H2,(H2,26,32)(H,28,29,33)/t14-/m0/s1. The number of amides is 3. The number of morpholine rings is 1. The molecule has 13 heteroatoms. The van der Waals surface area contributed by atoms with E-state index in [1.54, 1.807) is 18.2 Å². The fraction of sp³-hybridized carbons (Fsp3) is 0.286. The topological polar surface area (TPSA) is 150 Å². The molecule has 1 atom stereocenters. The van der Waals surface area contributed by atoms with Gasteiger partial charge in [-0.15, -0.1) is 0 Å². The normalized spacial score (nSPS) is 16.0. The lowest BCUT2D eigenvalue weighted by Crippen LogP contribution is -2.55. The van der Waals surface area contributed by atoms with E-state index in [2.05, 4.69) is 15.6 Å². The highest BCUT2D eigenvalue weighted by Gasteiger charge is 2.35. The lowest BCUT2D eigenvalue weighted by Gasteiger charge is -2.34. The van der Waals surface area contributed by atoms with E-state index in [1.807, 2.05) is 0 Å². The molecule has 2 heterocycles. The zero-order chi connectivity index (χ0) is 24.9. The second kappa shape index (κ2) is 10.3. The number of hydrogen-bond acceptors (Lipinski definition) is 7. The molecule has 5 N–H and O–H groups in total. The number of nitrogens with one attached hydrogen (secondary N) is 3. The maximum absolute atomic E-state index is 12.9. The average molecular weight is 478 g/mol. The van der Waals surface area contributed by atoms with Gasteiger partial charge in [-0.2, -0.15) is 13.2 Å². The monoisotopic (exact) mass is 478 g/mol. The molecule has 0 unspecified atom stereocenters. The number of benzene rings is 1. The Morgan fingerprint density at radius 2 is 1.91 bits per heavy atom. The van der Waals surface area contributed by atoms with Crippen LogP contribution >= 0.6 is 0 Å². The molecule has 1 saturated heterocycles. The molecule has 2 aromatic rings. The average Bonchev–Trinajstić information content (AvgIpc) is 2.81. The van der Waals surface area contributed by atoms with E-state index < -0.39 is 41.3 Å². The van der Waals surface area contributed by atoms with Crippen molar-refractivity contribution in [3.05, 3.63) is 53.7 Å². The van der Waals surface area contributed by atoms with Crippen molar-refractivity contribution in [2.75, 3.05) is 36.9 Å². The first-order valence-corrected chi connectivity index (χ1v) is 10.0. The van der Waals surface area contributed by atoms with Crippen LogP contribution in [-0.2, 0) is 25.3 Å². The Balaban J connectivity index is 1.69. The molecule has 10 nitrogen and oxygen atoms in total. The van der Waals surface area contributed by atoms with Crippen LogP contribution in [0.25, 0.3) is 0 Å². The summed E-state index contributed by atoms with van der Waals surface area (Å²) in [4.78, 5) is 41.6. The first-order valence-electron chi connectivity index (χ1n) is 10.0. The molecule has 3 amide bonds. The van der Waals surface area contributed by atoms with E-state index in [9.17, 15) is 27.6 Å². The Morgan fingerprint density at radius 1 is 1.18 bits per heavy atom. The molecule has 0 aliphatic carbocycles. The number of nitrogens with zero attached hydrogens (tertiary/aromatic N) is 2. The van der Waals surface area contributed by atoms with Crippen LogP contribution in [0.4, 0.5) is 24.7 Å². The third-order valence-electron chi connectivity index (χ3n) is 4.92. The maximum atomic E-state index is 12.9. The largest absolute Gasteiger partial charge is 0.433 e. The summed E-state index contributed by atoms with van der Waals surface area (Å²) < 4.78 is 43.9. The van der Waals surface area contributed by atoms with Crippen LogP contribution < -0.4 is 16.4 Å². The van der Waals surface area contributed by atoms with Gasteiger partial charge in [-0.1, -0.05) is 24.3 Å². The first-order chi connectivity index (χ1) is 16.1. The summed E-state index contributed by atoms with van der Waals surface area (Å²) in [5.41, 5.74) is 4.09. The third-order valence-corrected chi connectivity index (χ3v) is 4.92. The van der Waals surface area contributed by atoms with Gasteiger partial charge in [-0.25, -0.2) is 4.98 Å². The van der Waals surface area contributed by atoms with Crippen molar-refractivity contribution < 1.29 is 32.3 Å². The molecule has 3 rings (SSSR count). The first kappa shape index (κ1) is 24.6. The van der Waals surface area contributed by atoms with E-state index in [1.165, 1.54) is 17.0 Å². The van der Waals surface area contributed by atoms with Crippen LogP contribution in [0, 0.1) is 5.41 Å². The van der Waals surface area contributed by atoms with Gasteiger partial charge in [0.1, 0.15) is 23.3 Å². The number of pyridine rings is 1. The van der Waals surface area contributed by atoms with E-state index in [4.69, 9.17) is 15.9 Å². The van der Waals surface area contributed by atoms with Gasteiger partial charge in [0.05, 0.1) is 19.8 Å². The number of aromatic nitrogens is 1.